The van der Waals surface area contributed by atoms with Gasteiger partial charge < -0.3 is 20.3 Å². The van der Waals surface area contributed by atoms with Crippen molar-refractivity contribution in [1.82, 2.24) is 9.97 Å². The molecule has 4 rings (SSSR count). The van der Waals surface area contributed by atoms with Crippen molar-refractivity contribution in [2.24, 2.45) is 0 Å². The molecule has 9 nitrogen and oxygen atoms in total. The second kappa shape index (κ2) is 8.41. The third-order valence-electron chi connectivity index (χ3n) is 5.94. The van der Waals surface area contributed by atoms with E-state index >= 15 is 0 Å². The maximum absolute atomic E-state index is 13.1. The van der Waals surface area contributed by atoms with Crippen LogP contribution in [0.5, 0.6) is 5.75 Å². The number of amides is 2. The molecule has 0 unspecified atom stereocenters. The Morgan fingerprint density at radius 2 is 2.10 bits per heavy atom. The van der Waals surface area contributed by atoms with Crippen LogP contribution < -0.4 is 25.8 Å². The van der Waals surface area contributed by atoms with Crippen LogP contribution in [-0.4, -0.2) is 41.5 Å². The van der Waals surface area contributed by atoms with Crippen molar-refractivity contribution in [2.75, 3.05) is 29.2 Å². The van der Waals surface area contributed by atoms with Gasteiger partial charge in [-0.05, 0) is 50.8 Å². The molecule has 2 aliphatic heterocycles. The number of aryl methyl sites for hydroxylation is 1. The molecular formula is C22H27N5O4. The molecule has 1 saturated heterocycles. The number of carbonyl (C=O) groups excluding carboxylic acids is 2. The number of nitrogens with zero attached hydrogens (tertiary/aromatic N) is 2. The summed E-state index contributed by atoms with van der Waals surface area (Å²) < 4.78 is 5.32. The van der Waals surface area contributed by atoms with Crippen LogP contribution in [0.4, 0.5) is 17.5 Å². The van der Waals surface area contributed by atoms with Gasteiger partial charge in [-0.1, -0.05) is 6.07 Å². The van der Waals surface area contributed by atoms with Crippen molar-refractivity contribution >= 4 is 29.3 Å². The highest BCUT2D eigenvalue weighted by Crippen LogP contribution is 2.33. The van der Waals surface area contributed by atoms with E-state index in [4.69, 9.17) is 4.74 Å². The first-order chi connectivity index (χ1) is 14.9. The smallest absolute Gasteiger partial charge is 0.258 e. The molecule has 31 heavy (non-hydrogen) atoms. The van der Waals surface area contributed by atoms with Crippen molar-refractivity contribution in [3.63, 3.8) is 0 Å². The van der Waals surface area contributed by atoms with E-state index in [0.717, 1.165) is 31.4 Å². The second-order valence-corrected chi connectivity index (χ2v) is 8.19. The molecule has 164 valence electrons. The molecular weight excluding hydrogens is 398 g/mol. The molecule has 2 aromatic rings. The van der Waals surface area contributed by atoms with E-state index in [0.29, 0.717) is 17.4 Å². The Morgan fingerprint density at radius 1 is 1.29 bits per heavy atom. The normalized spacial score (nSPS) is 20.6. The van der Waals surface area contributed by atoms with Crippen LogP contribution in [0, 0.1) is 6.92 Å². The molecule has 0 saturated carbocycles. The molecule has 3 heterocycles. The molecule has 3 N–H and O–H groups in total. The van der Waals surface area contributed by atoms with Gasteiger partial charge in [0.15, 0.2) is 0 Å². The fourth-order valence-corrected chi connectivity index (χ4v) is 4.27. The number of aromatic amines is 1. The first-order valence-electron chi connectivity index (χ1n) is 10.5. The minimum atomic E-state index is -0.946. The quantitative estimate of drug-likeness (QED) is 0.693. The van der Waals surface area contributed by atoms with Crippen LogP contribution in [0.25, 0.3) is 0 Å². The minimum absolute atomic E-state index is 0.128. The Balaban J connectivity index is 1.67. The largest absolute Gasteiger partial charge is 0.495 e. The standard InChI is InChI=1S/C22H27N5O4/c1-12-7-8-16(31-3)15(10-12)23-20(29)14-11-17(28)24-19-18(14)21(30)26-22(25-19)27-9-5-4-6-13(27)2/h7-8,10,13-14H,4-6,9,11H2,1-3H3,(H,23,29)(H2,24,25,26,28,30)/t13-,14+/m0/s1. The highest BCUT2D eigenvalue weighted by molar-refractivity contribution is 6.05. The van der Waals surface area contributed by atoms with Crippen molar-refractivity contribution in [2.45, 2.75) is 51.5 Å². The predicted molar refractivity (Wildman–Crippen MR) is 118 cm³/mol. The zero-order valence-electron chi connectivity index (χ0n) is 17.9. The first-order valence-corrected chi connectivity index (χ1v) is 10.5. The van der Waals surface area contributed by atoms with Crippen LogP contribution in [-0.2, 0) is 9.59 Å². The van der Waals surface area contributed by atoms with Crippen LogP contribution in [0.3, 0.4) is 0 Å². The number of anilines is 3. The number of H-pyrrole nitrogens is 1. The Bertz CT molecular complexity index is 1080. The SMILES string of the molecule is COc1ccc(C)cc1NC(=O)[C@@H]1CC(=O)Nc2nc(N3CCCC[C@@H]3C)[nH]c(=O)c21. The lowest BCUT2D eigenvalue weighted by Crippen LogP contribution is -2.42. The number of hydrogen-bond acceptors (Lipinski definition) is 6. The number of piperidine rings is 1. The van der Waals surface area contributed by atoms with Gasteiger partial charge in [-0.15, -0.1) is 0 Å². The lowest BCUT2D eigenvalue weighted by atomic mass is 9.92. The number of fused-ring (bicyclic) bond motifs is 1. The number of nitrogens with one attached hydrogen (secondary N) is 3. The maximum atomic E-state index is 13.1. The third kappa shape index (κ3) is 4.12. The molecule has 9 heteroatoms. The van der Waals surface area contributed by atoms with E-state index < -0.39 is 17.4 Å². The first kappa shape index (κ1) is 20.9. The molecule has 1 aromatic carbocycles. The van der Waals surface area contributed by atoms with Crippen LogP contribution >= 0.6 is 0 Å². The van der Waals surface area contributed by atoms with Gasteiger partial charge in [0.05, 0.1) is 24.3 Å². The van der Waals surface area contributed by atoms with E-state index in [1.54, 1.807) is 12.1 Å². The third-order valence-corrected chi connectivity index (χ3v) is 5.94. The summed E-state index contributed by atoms with van der Waals surface area (Å²) in [6.07, 6.45) is 3.03. The van der Waals surface area contributed by atoms with Gasteiger partial charge in [-0.25, -0.2) is 0 Å². The highest BCUT2D eigenvalue weighted by atomic mass is 16.5. The van der Waals surface area contributed by atoms with E-state index in [1.807, 2.05) is 17.9 Å². The van der Waals surface area contributed by atoms with Gasteiger partial charge >= 0.3 is 0 Å². The lowest BCUT2D eigenvalue weighted by molar-refractivity contribution is -0.123. The van der Waals surface area contributed by atoms with Gasteiger partial charge in [0.2, 0.25) is 17.8 Å². The number of rotatable bonds is 4. The zero-order valence-corrected chi connectivity index (χ0v) is 17.9. The number of ether oxygens (including phenoxy) is 1. The number of hydrogen-bond donors (Lipinski definition) is 3. The number of methoxy groups -OCH3 is 1. The van der Waals surface area contributed by atoms with Gasteiger partial charge in [0.1, 0.15) is 11.6 Å². The molecule has 1 aromatic heterocycles. The van der Waals surface area contributed by atoms with Crippen molar-refractivity contribution < 1.29 is 14.3 Å². The fourth-order valence-electron chi connectivity index (χ4n) is 4.27. The summed E-state index contributed by atoms with van der Waals surface area (Å²) >= 11 is 0. The number of aromatic nitrogens is 2. The van der Waals surface area contributed by atoms with Crippen LogP contribution in [0.1, 0.15) is 49.7 Å². The molecule has 0 radical (unpaired) electrons. The number of benzene rings is 1. The summed E-state index contributed by atoms with van der Waals surface area (Å²) in [5.74, 6) is -0.660. The molecule has 2 amide bonds. The van der Waals surface area contributed by atoms with Gasteiger partial charge in [0.25, 0.3) is 5.56 Å². The minimum Gasteiger partial charge on any atom is -0.495 e. The fraction of sp³-hybridized carbons (Fsp3) is 0.455. The summed E-state index contributed by atoms with van der Waals surface area (Å²) in [5, 5.41) is 5.48. The topological polar surface area (TPSA) is 116 Å². The maximum Gasteiger partial charge on any atom is 0.258 e. The summed E-state index contributed by atoms with van der Waals surface area (Å²) in [7, 11) is 1.52. The highest BCUT2D eigenvalue weighted by Gasteiger charge is 2.36. The number of carbonyl (C=O) groups is 2. The van der Waals surface area contributed by atoms with E-state index in [1.165, 1.54) is 7.11 Å². The average molecular weight is 425 g/mol. The van der Waals surface area contributed by atoms with Crippen LogP contribution in [0.2, 0.25) is 0 Å². The molecule has 0 spiro atoms. The van der Waals surface area contributed by atoms with Gasteiger partial charge in [-0.2, -0.15) is 4.98 Å². The summed E-state index contributed by atoms with van der Waals surface area (Å²) in [6.45, 7) is 4.77. The lowest BCUT2D eigenvalue weighted by Gasteiger charge is -2.34. The van der Waals surface area contributed by atoms with Crippen molar-refractivity contribution in [3.05, 3.63) is 39.7 Å². The van der Waals surface area contributed by atoms with Crippen molar-refractivity contribution in [3.8, 4) is 5.75 Å². The van der Waals surface area contributed by atoms with Gasteiger partial charge in [0, 0.05) is 19.0 Å². The summed E-state index contributed by atoms with van der Waals surface area (Å²) in [4.78, 5) is 47.9. The summed E-state index contributed by atoms with van der Waals surface area (Å²) in [5.41, 5.74) is 1.20. The molecule has 0 bridgehead atoms. The Morgan fingerprint density at radius 3 is 2.84 bits per heavy atom. The zero-order chi connectivity index (χ0) is 22.1. The summed E-state index contributed by atoms with van der Waals surface area (Å²) in [6, 6.07) is 5.65. The van der Waals surface area contributed by atoms with E-state index in [9.17, 15) is 14.4 Å². The van der Waals surface area contributed by atoms with E-state index in [-0.39, 0.29) is 29.8 Å². The molecule has 2 aliphatic rings. The van der Waals surface area contributed by atoms with Crippen LogP contribution in [0.15, 0.2) is 23.0 Å². The Labute approximate surface area is 180 Å². The Kier molecular flexibility index (Phi) is 5.67. The molecule has 2 atom stereocenters. The van der Waals surface area contributed by atoms with Gasteiger partial charge in [-0.3, -0.25) is 19.4 Å². The molecule has 0 aliphatic carbocycles. The average Bonchev–Trinajstić information content (AvgIpc) is 2.73. The molecule has 1 fully saturated rings. The predicted octanol–water partition coefficient (Wildman–Crippen LogP) is 2.53. The van der Waals surface area contributed by atoms with E-state index in [2.05, 4.69) is 27.5 Å². The Hall–Kier alpha value is -3.36. The monoisotopic (exact) mass is 425 g/mol. The second-order valence-electron chi connectivity index (χ2n) is 8.19. The van der Waals surface area contributed by atoms with Crippen molar-refractivity contribution in [1.29, 1.82) is 0 Å².